The summed E-state index contributed by atoms with van der Waals surface area (Å²) in [4.78, 5) is 24.4. The number of thioether (sulfide) groups is 1. The molecule has 1 heterocycles. The Labute approximate surface area is 185 Å². The molecule has 3 aromatic rings. The highest BCUT2D eigenvalue weighted by atomic mass is 79.9. The van der Waals surface area contributed by atoms with Gasteiger partial charge in [-0.05, 0) is 37.3 Å². The number of carbonyl (C=O) groups is 2. The van der Waals surface area contributed by atoms with Gasteiger partial charge in [0.15, 0.2) is 5.16 Å². The standard InChI is InChI=1S/C20H19BrFN5O2S/c1-12-3-6-14(7-4-12)23-18(28)10-17-25-26-20(27(17)2)30-11-19(29)24-16-8-5-13(21)9-15(16)22/h3-9H,10-11H2,1-2H3,(H,23,28)(H,24,29). The van der Waals surface area contributed by atoms with Crippen LogP contribution < -0.4 is 10.6 Å². The van der Waals surface area contributed by atoms with Gasteiger partial charge in [-0.2, -0.15) is 0 Å². The zero-order valence-corrected chi connectivity index (χ0v) is 18.7. The third-order valence-corrected chi connectivity index (χ3v) is 5.63. The molecule has 0 aliphatic carbocycles. The number of aromatic nitrogens is 3. The van der Waals surface area contributed by atoms with Crippen molar-refractivity contribution in [1.82, 2.24) is 14.8 Å². The van der Waals surface area contributed by atoms with Crippen LogP contribution in [-0.4, -0.2) is 32.3 Å². The van der Waals surface area contributed by atoms with Gasteiger partial charge < -0.3 is 15.2 Å². The molecule has 0 fully saturated rings. The fraction of sp³-hybridized carbons (Fsp3) is 0.200. The summed E-state index contributed by atoms with van der Waals surface area (Å²) in [5.74, 6) is -0.612. The monoisotopic (exact) mass is 491 g/mol. The Morgan fingerprint density at radius 3 is 2.53 bits per heavy atom. The first kappa shape index (κ1) is 22.0. The van der Waals surface area contributed by atoms with Gasteiger partial charge in [0.1, 0.15) is 11.6 Å². The van der Waals surface area contributed by atoms with Gasteiger partial charge in [0.25, 0.3) is 0 Å². The lowest BCUT2D eigenvalue weighted by Gasteiger charge is -2.07. The Morgan fingerprint density at radius 2 is 1.83 bits per heavy atom. The van der Waals surface area contributed by atoms with Crippen molar-refractivity contribution >= 4 is 50.9 Å². The quantitative estimate of drug-likeness (QED) is 0.488. The first-order valence-electron chi connectivity index (χ1n) is 8.94. The second-order valence-electron chi connectivity index (χ2n) is 6.51. The van der Waals surface area contributed by atoms with Crippen LogP contribution in [0, 0.1) is 12.7 Å². The van der Waals surface area contributed by atoms with Crippen LogP contribution in [0.1, 0.15) is 11.4 Å². The van der Waals surface area contributed by atoms with Crippen molar-refractivity contribution in [2.75, 3.05) is 16.4 Å². The van der Waals surface area contributed by atoms with Crippen LogP contribution in [0.5, 0.6) is 0 Å². The van der Waals surface area contributed by atoms with Crippen molar-refractivity contribution in [2.45, 2.75) is 18.5 Å². The molecule has 2 N–H and O–H groups in total. The first-order valence-corrected chi connectivity index (χ1v) is 10.7. The molecule has 3 rings (SSSR count). The smallest absolute Gasteiger partial charge is 0.234 e. The molecule has 0 radical (unpaired) electrons. The van der Waals surface area contributed by atoms with Crippen LogP contribution in [0.3, 0.4) is 0 Å². The summed E-state index contributed by atoms with van der Waals surface area (Å²) < 4.78 is 16.1. The maximum atomic E-state index is 13.8. The zero-order valence-electron chi connectivity index (χ0n) is 16.3. The van der Waals surface area contributed by atoms with Crippen molar-refractivity contribution in [3.05, 3.63) is 64.1 Å². The molecular formula is C20H19BrFN5O2S. The van der Waals surface area contributed by atoms with Crippen LogP contribution in [-0.2, 0) is 23.1 Å². The lowest BCUT2D eigenvalue weighted by atomic mass is 10.2. The number of halogens is 2. The maximum absolute atomic E-state index is 13.8. The number of hydrogen-bond donors (Lipinski definition) is 2. The topological polar surface area (TPSA) is 88.9 Å². The minimum absolute atomic E-state index is 0.0248. The van der Waals surface area contributed by atoms with E-state index in [0.29, 0.717) is 21.1 Å². The van der Waals surface area contributed by atoms with E-state index < -0.39 is 5.82 Å². The molecule has 0 saturated carbocycles. The number of amides is 2. The summed E-state index contributed by atoms with van der Waals surface area (Å²) in [6.45, 7) is 1.97. The van der Waals surface area contributed by atoms with E-state index in [0.717, 1.165) is 17.3 Å². The molecule has 2 aromatic carbocycles. The molecule has 0 unspecified atom stereocenters. The van der Waals surface area contributed by atoms with E-state index in [4.69, 9.17) is 0 Å². The Kier molecular flexibility index (Phi) is 7.22. The van der Waals surface area contributed by atoms with Crippen LogP contribution in [0.15, 0.2) is 52.1 Å². The predicted molar refractivity (Wildman–Crippen MR) is 118 cm³/mol. The minimum atomic E-state index is -0.525. The summed E-state index contributed by atoms with van der Waals surface area (Å²) >= 11 is 4.32. The third-order valence-electron chi connectivity index (χ3n) is 4.12. The van der Waals surface area contributed by atoms with Crippen LogP contribution in [0.4, 0.5) is 15.8 Å². The van der Waals surface area contributed by atoms with Gasteiger partial charge in [-0.1, -0.05) is 45.4 Å². The van der Waals surface area contributed by atoms with Crippen LogP contribution in [0.2, 0.25) is 0 Å². The van der Waals surface area contributed by atoms with E-state index >= 15 is 0 Å². The van der Waals surface area contributed by atoms with Crippen LogP contribution >= 0.6 is 27.7 Å². The lowest BCUT2D eigenvalue weighted by Crippen LogP contribution is -2.17. The normalized spacial score (nSPS) is 10.7. The summed E-state index contributed by atoms with van der Waals surface area (Å²) in [6, 6.07) is 11.9. The molecule has 0 aliphatic heterocycles. The minimum Gasteiger partial charge on any atom is -0.326 e. The van der Waals surface area contributed by atoms with Gasteiger partial charge in [-0.25, -0.2) is 4.39 Å². The van der Waals surface area contributed by atoms with Gasteiger partial charge in [0, 0.05) is 17.2 Å². The SMILES string of the molecule is Cc1ccc(NC(=O)Cc2nnc(SCC(=O)Nc3ccc(Br)cc3F)n2C)cc1. The fourth-order valence-electron chi connectivity index (χ4n) is 2.52. The fourth-order valence-corrected chi connectivity index (χ4v) is 3.58. The van der Waals surface area contributed by atoms with Gasteiger partial charge in [0.05, 0.1) is 17.9 Å². The second-order valence-corrected chi connectivity index (χ2v) is 8.37. The number of nitrogens with zero attached hydrogens (tertiary/aromatic N) is 3. The number of benzene rings is 2. The lowest BCUT2D eigenvalue weighted by molar-refractivity contribution is -0.116. The predicted octanol–water partition coefficient (Wildman–Crippen LogP) is 3.94. The molecule has 7 nitrogen and oxygen atoms in total. The van der Waals surface area contributed by atoms with E-state index in [1.807, 2.05) is 31.2 Å². The molecule has 1 aromatic heterocycles. The highest BCUT2D eigenvalue weighted by molar-refractivity contribution is 9.10. The maximum Gasteiger partial charge on any atom is 0.234 e. The van der Waals surface area contributed by atoms with E-state index in [-0.39, 0.29) is 29.7 Å². The number of hydrogen-bond acceptors (Lipinski definition) is 5. The van der Waals surface area contributed by atoms with Crippen molar-refractivity contribution in [3.63, 3.8) is 0 Å². The van der Waals surface area contributed by atoms with Crippen molar-refractivity contribution in [1.29, 1.82) is 0 Å². The molecule has 156 valence electrons. The molecule has 2 amide bonds. The number of nitrogens with one attached hydrogen (secondary N) is 2. The van der Waals surface area contributed by atoms with Gasteiger partial charge >= 0.3 is 0 Å². The van der Waals surface area contributed by atoms with E-state index in [2.05, 4.69) is 36.8 Å². The third kappa shape index (κ3) is 5.90. The highest BCUT2D eigenvalue weighted by Gasteiger charge is 2.15. The van der Waals surface area contributed by atoms with Gasteiger partial charge in [0.2, 0.25) is 11.8 Å². The number of rotatable bonds is 7. The first-order chi connectivity index (χ1) is 14.3. The summed E-state index contributed by atoms with van der Waals surface area (Å²) in [6.07, 6.45) is 0.0498. The molecule has 10 heteroatoms. The Morgan fingerprint density at radius 1 is 1.10 bits per heavy atom. The van der Waals surface area contributed by atoms with Gasteiger partial charge in [-0.15, -0.1) is 10.2 Å². The summed E-state index contributed by atoms with van der Waals surface area (Å²) in [5, 5.41) is 13.9. The van der Waals surface area contributed by atoms with Crippen LogP contribution in [0.25, 0.3) is 0 Å². The Bertz CT molecular complexity index is 1070. The average Bonchev–Trinajstić information content (AvgIpc) is 3.04. The second kappa shape index (κ2) is 9.86. The van der Waals surface area contributed by atoms with Crippen molar-refractivity contribution in [2.24, 2.45) is 7.05 Å². The molecule has 0 atom stereocenters. The molecule has 30 heavy (non-hydrogen) atoms. The van der Waals surface area contributed by atoms with Crippen molar-refractivity contribution < 1.29 is 14.0 Å². The largest absolute Gasteiger partial charge is 0.326 e. The van der Waals surface area contributed by atoms with E-state index in [1.165, 1.54) is 12.1 Å². The summed E-state index contributed by atoms with van der Waals surface area (Å²) in [7, 11) is 1.73. The average molecular weight is 492 g/mol. The van der Waals surface area contributed by atoms with E-state index in [1.54, 1.807) is 17.7 Å². The zero-order chi connectivity index (χ0) is 21.7. The van der Waals surface area contributed by atoms with Crippen molar-refractivity contribution in [3.8, 4) is 0 Å². The highest BCUT2D eigenvalue weighted by Crippen LogP contribution is 2.21. The molecular weight excluding hydrogens is 473 g/mol. The molecule has 0 aliphatic rings. The molecule has 0 spiro atoms. The molecule has 0 bridgehead atoms. The molecule has 0 saturated heterocycles. The van der Waals surface area contributed by atoms with E-state index in [9.17, 15) is 14.0 Å². The Balaban J connectivity index is 1.53. The number of anilines is 2. The van der Waals surface area contributed by atoms with Gasteiger partial charge in [-0.3, -0.25) is 9.59 Å². The number of aryl methyl sites for hydroxylation is 1. The summed E-state index contributed by atoms with van der Waals surface area (Å²) in [5.41, 5.74) is 1.92. The number of carbonyl (C=O) groups excluding carboxylic acids is 2. The Hall–Kier alpha value is -2.72.